The molecule has 25 heavy (non-hydrogen) atoms. The maximum atomic E-state index is 6.53. The van der Waals surface area contributed by atoms with Gasteiger partial charge in [-0.05, 0) is 54.3 Å². The minimum Gasteiger partial charge on any atom is -0.371 e. The molecule has 0 radical (unpaired) electrons. The standard InChI is InChI=1S/C21H24Cl2N2/c1-14-7-8-25(11-14)21-6-4-3-5-16(21)18-12-24(2)13-19-17(18)9-15(22)10-20(19)23/h3-6,9-10,14,18H,7-8,11-13H2,1-2H3/t14?,18-/m0/s1. The summed E-state index contributed by atoms with van der Waals surface area (Å²) in [4.78, 5) is 4.90. The molecule has 0 N–H and O–H groups in total. The van der Waals surface area contributed by atoms with Crippen LogP contribution in [0.2, 0.25) is 10.0 Å². The number of hydrogen-bond donors (Lipinski definition) is 0. The number of halogens is 2. The summed E-state index contributed by atoms with van der Waals surface area (Å²) in [6.45, 7) is 6.49. The van der Waals surface area contributed by atoms with Gasteiger partial charge in [-0.15, -0.1) is 0 Å². The second-order valence-electron chi connectivity index (χ2n) is 7.60. The van der Waals surface area contributed by atoms with Crippen molar-refractivity contribution in [3.63, 3.8) is 0 Å². The van der Waals surface area contributed by atoms with Crippen molar-refractivity contribution < 1.29 is 0 Å². The highest BCUT2D eigenvalue weighted by molar-refractivity contribution is 6.35. The summed E-state index contributed by atoms with van der Waals surface area (Å²) < 4.78 is 0. The Morgan fingerprint density at radius 3 is 2.60 bits per heavy atom. The van der Waals surface area contributed by atoms with Gasteiger partial charge in [0.15, 0.2) is 0 Å². The molecule has 4 heteroatoms. The van der Waals surface area contributed by atoms with E-state index in [1.165, 1.54) is 28.8 Å². The Labute approximate surface area is 160 Å². The topological polar surface area (TPSA) is 6.48 Å². The van der Waals surface area contributed by atoms with Crippen molar-refractivity contribution in [2.75, 3.05) is 31.6 Å². The van der Waals surface area contributed by atoms with Crippen molar-refractivity contribution in [3.8, 4) is 0 Å². The van der Waals surface area contributed by atoms with E-state index in [4.69, 9.17) is 23.2 Å². The van der Waals surface area contributed by atoms with Gasteiger partial charge in [-0.1, -0.05) is 48.3 Å². The first kappa shape index (κ1) is 17.2. The number of para-hydroxylation sites is 1. The molecule has 2 atom stereocenters. The predicted octanol–water partition coefficient (Wildman–Crippen LogP) is 5.42. The zero-order chi connectivity index (χ0) is 17.6. The molecule has 0 bridgehead atoms. The zero-order valence-corrected chi connectivity index (χ0v) is 16.3. The second-order valence-corrected chi connectivity index (χ2v) is 8.45. The Bertz CT molecular complexity index is 789. The van der Waals surface area contributed by atoms with Crippen LogP contribution in [0.3, 0.4) is 0 Å². The maximum Gasteiger partial charge on any atom is 0.0468 e. The van der Waals surface area contributed by atoms with Crippen molar-refractivity contribution in [1.29, 1.82) is 0 Å². The highest BCUT2D eigenvalue weighted by Gasteiger charge is 2.30. The van der Waals surface area contributed by atoms with E-state index in [-0.39, 0.29) is 0 Å². The van der Waals surface area contributed by atoms with Gasteiger partial charge < -0.3 is 9.80 Å². The molecule has 2 aliphatic rings. The van der Waals surface area contributed by atoms with Crippen LogP contribution in [-0.2, 0) is 6.54 Å². The van der Waals surface area contributed by atoms with Crippen LogP contribution in [0.5, 0.6) is 0 Å². The second kappa shape index (κ2) is 6.83. The lowest BCUT2D eigenvalue weighted by molar-refractivity contribution is 0.295. The van der Waals surface area contributed by atoms with Crippen LogP contribution >= 0.6 is 23.2 Å². The molecular formula is C21H24Cl2N2. The molecule has 0 saturated carbocycles. The Kier molecular flexibility index (Phi) is 4.70. The third-order valence-corrected chi connectivity index (χ3v) is 6.12. The Balaban J connectivity index is 1.81. The molecule has 2 nitrogen and oxygen atoms in total. The van der Waals surface area contributed by atoms with Gasteiger partial charge in [0.25, 0.3) is 0 Å². The number of rotatable bonds is 2. The first-order valence-electron chi connectivity index (χ1n) is 9.03. The Morgan fingerprint density at radius 2 is 1.84 bits per heavy atom. The van der Waals surface area contributed by atoms with Gasteiger partial charge in [-0.3, -0.25) is 0 Å². The number of benzene rings is 2. The van der Waals surface area contributed by atoms with Gasteiger partial charge >= 0.3 is 0 Å². The van der Waals surface area contributed by atoms with Crippen molar-refractivity contribution in [1.82, 2.24) is 4.90 Å². The monoisotopic (exact) mass is 374 g/mol. The minimum atomic E-state index is 0.303. The van der Waals surface area contributed by atoms with Crippen molar-refractivity contribution in [2.45, 2.75) is 25.8 Å². The number of fused-ring (bicyclic) bond motifs is 1. The van der Waals surface area contributed by atoms with E-state index in [0.29, 0.717) is 5.92 Å². The average Bonchev–Trinajstić information content (AvgIpc) is 3.01. The minimum absolute atomic E-state index is 0.303. The van der Waals surface area contributed by atoms with Crippen LogP contribution in [-0.4, -0.2) is 31.6 Å². The molecule has 2 aliphatic heterocycles. The largest absolute Gasteiger partial charge is 0.371 e. The Morgan fingerprint density at radius 1 is 1.04 bits per heavy atom. The first-order chi connectivity index (χ1) is 12.0. The predicted molar refractivity (Wildman–Crippen MR) is 107 cm³/mol. The fraction of sp³-hybridized carbons (Fsp3) is 0.429. The lowest BCUT2D eigenvalue weighted by Gasteiger charge is -2.35. The summed E-state index contributed by atoms with van der Waals surface area (Å²) in [5.74, 6) is 1.07. The summed E-state index contributed by atoms with van der Waals surface area (Å²) in [5, 5.41) is 1.51. The molecule has 2 aromatic carbocycles. The highest BCUT2D eigenvalue weighted by atomic mass is 35.5. The number of nitrogens with zero attached hydrogens (tertiary/aromatic N) is 2. The van der Waals surface area contributed by atoms with E-state index < -0.39 is 0 Å². The van der Waals surface area contributed by atoms with Crippen LogP contribution in [0.4, 0.5) is 5.69 Å². The van der Waals surface area contributed by atoms with Crippen LogP contribution < -0.4 is 4.90 Å². The van der Waals surface area contributed by atoms with E-state index in [1.807, 2.05) is 6.07 Å². The molecule has 0 amide bonds. The van der Waals surface area contributed by atoms with Gasteiger partial charge in [0.2, 0.25) is 0 Å². The average molecular weight is 375 g/mol. The van der Waals surface area contributed by atoms with Crippen molar-refractivity contribution in [2.24, 2.45) is 5.92 Å². The van der Waals surface area contributed by atoms with Gasteiger partial charge in [-0.2, -0.15) is 0 Å². The third kappa shape index (κ3) is 3.28. The van der Waals surface area contributed by atoms with Gasteiger partial charge in [0, 0.05) is 47.8 Å². The molecule has 0 aromatic heterocycles. The molecule has 132 valence electrons. The summed E-state index contributed by atoms with van der Waals surface area (Å²) in [7, 11) is 2.17. The summed E-state index contributed by atoms with van der Waals surface area (Å²) in [5.41, 5.74) is 5.27. The maximum absolute atomic E-state index is 6.53. The third-order valence-electron chi connectivity index (χ3n) is 5.57. The number of hydrogen-bond acceptors (Lipinski definition) is 2. The molecule has 0 aliphatic carbocycles. The van der Waals surface area contributed by atoms with Crippen molar-refractivity contribution in [3.05, 3.63) is 63.1 Å². The molecule has 4 rings (SSSR count). The summed E-state index contributed by atoms with van der Waals surface area (Å²) in [6.07, 6.45) is 1.27. The molecule has 1 unspecified atom stereocenters. The fourth-order valence-electron chi connectivity index (χ4n) is 4.34. The molecule has 2 heterocycles. The smallest absolute Gasteiger partial charge is 0.0468 e. The van der Waals surface area contributed by atoms with Crippen molar-refractivity contribution >= 4 is 28.9 Å². The van der Waals surface area contributed by atoms with Gasteiger partial charge in [0.05, 0.1) is 0 Å². The van der Waals surface area contributed by atoms with E-state index in [2.05, 4.69) is 54.1 Å². The Hall–Kier alpha value is -1.22. The van der Waals surface area contributed by atoms with E-state index in [1.54, 1.807) is 0 Å². The molecular weight excluding hydrogens is 351 g/mol. The van der Waals surface area contributed by atoms with Crippen LogP contribution in [0.25, 0.3) is 0 Å². The normalized spacial score (nSPS) is 23.8. The number of anilines is 1. The molecule has 0 spiro atoms. The first-order valence-corrected chi connectivity index (χ1v) is 9.78. The van der Waals surface area contributed by atoms with E-state index >= 15 is 0 Å². The molecule has 1 fully saturated rings. The zero-order valence-electron chi connectivity index (χ0n) is 14.8. The van der Waals surface area contributed by atoms with E-state index in [0.717, 1.165) is 42.1 Å². The van der Waals surface area contributed by atoms with E-state index in [9.17, 15) is 0 Å². The van der Waals surface area contributed by atoms with Crippen LogP contribution in [0.15, 0.2) is 36.4 Å². The van der Waals surface area contributed by atoms with Gasteiger partial charge in [0.1, 0.15) is 0 Å². The number of likely N-dealkylation sites (N-methyl/N-ethyl adjacent to an activating group) is 1. The molecule has 2 aromatic rings. The lowest BCUT2D eigenvalue weighted by atomic mass is 9.83. The summed E-state index contributed by atoms with van der Waals surface area (Å²) >= 11 is 12.9. The lowest BCUT2D eigenvalue weighted by Crippen LogP contribution is -2.32. The fourth-order valence-corrected chi connectivity index (χ4v) is 4.90. The highest BCUT2D eigenvalue weighted by Crippen LogP contribution is 2.42. The van der Waals surface area contributed by atoms with Crippen LogP contribution in [0, 0.1) is 5.92 Å². The van der Waals surface area contributed by atoms with Crippen LogP contribution in [0.1, 0.15) is 36.0 Å². The molecule has 1 saturated heterocycles. The quantitative estimate of drug-likeness (QED) is 0.692. The SMILES string of the molecule is CC1CCN(c2ccccc2[C@@H]2CN(C)Cc3c(Cl)cc(Cl)cc32)C1. The summed E-state index contributed by atoms with van der Waals surface area (Å²) in [6, 6.07) is 12.8. The van der Waals surface area contributed by atoms with Gasteiger partial charge in [-0.25, -0.2) is 0 Å².